The van der Waals surface area contributed by atoms with Crippen LogP contribution in [-0.2, 0) is 0 Å². The molecule has 0 atom stereocenters. The zero-order valence-corrected chi connectivity index (χ0v) is 38.4. The first kappa shape index (κ1) is 40.5. The van der Waals surface area contributed by atoms with Crippen LogP contribution < -0.4 is 0 Å². The van der Waals surface area contributed by atoms with E-state index in [0.29, 0.717) is 0 Å². The van der Waals surface area contributed by atoms with Crippen LogP contribution in [0.5, 0.6) is 0 Å². The highest BCUT2D eigenvalue weighted by Crippen LogP contribution is 2.56. The van der Waals surface area contributed by atoms with Crippen molar-refractivity contribution in [3.8, 4) is 89.0 Å². The van der Waals surface area contributed by atoms with E-state index < -0.39 is 0 Å². The van der Waals surface area contributed by atoms with Crippen molar-refractivity contribution >= 4 is 53.6 Å². The molecule has 322 valence electrons. The second kappa shape index (κ2) is 17.2. The molecule has 3 heteroatoms. The molecule has 69 heavy (non-hydrogen) atoms. The molecule has 13 aromatic rings. The molecular formula is C66H42N2S. The molecule has 0 aliphatic heterocycles. The molecular weight excluding hydrogens is 853 g/mol. The first-order valence-corrected chi connectivity index (χ1v) is 24.3. The summed E-state index contributed by atoms with van der Waals surface area (Å²) in [4.78, 5) is 11.2. The van der Waals surface area contributed by atoms with Crippen molar-refractivity contribution in [3.05, 3.63) is 255 Å². The molecule has 0 spiro atoms. The van der Waals surface area contributed by atoms with Crippen molar-refractivity contribution in [1.82, 2.24) is 9.97 Å². The molecule has 11 aromatic carbocycles. The fourth-order valence-electron chi connectivity index (χ4n) is 10.5. The number of hydrogen-bond donors (Lipinski definition) is 0. The normalized spacial score (nSPS) is 11.5. The fraction of sp³-hybridized carbons (Fsp3) is 0. The third-order valence-electron chi connectivity index (χ3n) is 13.5. The van der Waals surface area contributed by atoms with E-state index in [-0.39, 0.29) is 0 Å². The topological polar surface area (TPSA) is 25.8 Å². The van der Waals surface area contributed by atoms with Gasteiger partial charge >= 0.3 is 0 Å². The van der Waals surface area contributed by atoms with Gasteiger partial charge in [-0.15, -0.1) is 11.3 Å². The molecule has 0 fully saturated rings. The summed E-state index contributed by atoms with van der Waals surface area (Å²) >= 11 is 1.83. The van der Waals surface area contributed by atoms with Crippen LogP contribution in [0.2, 0.25) is 0 Å². The number of nitrogens with zero attached hydrogens (tertiary/aromatic N) is 2. The molecule has 13 rings (SSSR count). The number of para-hydroxylation sites is 1. The molecule has 2 nitrogen and oxygen atoms in total. The lowest BCUT2D eigenvalue weighted by molar-refractivity contribution is 1.50. The fourth-order valence-corrected chi connectivity index (χ4v) is 11.7. The minimum absolute atomic E-state index is 0.954. The zero-order chi connectivity index (χ0) is 45.7. The van der Waals surface area contributed by atoms with Gasteiger partial charge in [0.2, 0.25) is 0 Å². The zero-order valence-electron chi connectivity index (χ0n) is 37.6. The predicted octanol–water partition coefficient (Wildman–Crippen LogP) is 18.5. The van der Waals surface area contributed by atoms with E-state index in [9.17, 15) is 0 Å². The highest BCUT2D eigenvalue weighted by atomic mass is 32.1. The summed E-state index contributed by atoms with van der Waals surface area (Å²) < 4.78 is 2.24. The first-order valence-electron chi connectivity index (χ1n) is 23.5. The van der Waals surface area contributed by atoms with E-state index in [0.717, 1.165) is 97.9 Å². The molecule has 0 saturated heterocycles. The van der Waals surface area contributed by atoms with Crippen LogP contribution in [0.3, 0.4) is 0 Å². The molecule has 0 amide bonds. The van der Waals surface area contributed by atoms with Gasteiger partial charge in [-0.05, 0) is 85.0 Å². The predicted molar refractivity (Wildman–Crippen MR) is 293 cm³/mol. The molecule has 0 bridgehead atoms. The van der Waals surface area contributed by atoms with E-state index in [2.05, 4.69) is 255 Å². The van der Waals surface area contributed by atoms with Gasteiger partial charge in [0.1, 0.15) is 0 Å². The number of rotatable bonds is 8. The van der Waals surface area contributed by atoms with Gasteiger partial charge in [-0.2, -0.15) is 0 Å². The number of fused-ring (bicyclic) bond motifs is 6. The molecule has 2 heterocycles. The minimum Gasteiger partial charge on any atom is -0.248 e. The Morgan fingerprint density at radius 2 is 0.652 bits per heavy atom. The summed E-state index contributed by atoms with van der Waals surface area (Å²) in [6, 6.07) is 92.1. The van der Waals surface area contributed by atoms with Crippen LogP contribution in [0.25, 0.3) is 131 Å². The number of hydrogen-bond acceptors (Lipinski definition) is 3. The molecule has 0 radical (unpaired) electrons. The lowest BCUT2D eigenvalue weighted by Crippen LogP contribution is -2.01. The largest absolute Gasteiger partial charge is 0.248 e. The highest BCUT2D eigenvalue weighted by Gasteiger charge is 2.29. The summed E-state index contributed by atoms with van der Waals surface area (Å²) in [5, 5.41) is 2.20. The van der Waals surface area contributed by atoms with Gasteiger partial charge < -0.3 is 0 Å². The minimum atomic E-state index is 0.954. The summed E-state index contributed by atoms with van der Waals surface area (Å²) in [5.74, 6) is 0. The van der Waals surface area contributed by atoms with Crippen LogP contribution >= 0.6 is 11.3 Å². The Hall–Kier alpha value is -8.76. The molecule has 0 unspecified atom stereocenters. The SMILES string of the molecule is c1ccc(-c2ccccc2-c2ccccc2-c2c(-c3ccccc3)c(-c3ccccc3-c3ccccc3-c3ccccc3)c3nc4c(ccc5nc6ccccc6c54)sc3c2-c2ccccc2)cc1. The lowest BCUT2D eigenvalue weighted by atomic mass is 9.78. The van der Waals surface area contributed by atoms with Gasteiger partial charge in [0.05, 0.1) is 31.5 Å². The smallest absolute Gasteiger partial charge is 0.0910 e. The molecule has 0 aliphatic carbocycles. The first-order chi connectivity index (χ1) is 34.3. The van der Waals surface area contributed by atoms with Crippen molar-refractivity contribution in [2.75, 3.05) is 0 Å². The van der Waals surface area contributed by atoms with Crippen LogP contribution in [0.15, 0.2) is 255 Å². The van der Waals surface area contributed by atoms with E-state index in [1.54, 1.807) is 0 Å². The Balaban J connectivity index is 1.26. The van der Waals surface area contributed by atoms with Gasteiger partial charge in [-0.3, -0.25) is 0 Å². The quantitative estimate of drug-likeness (QED) is 0.142. The third-order valence-corrected chi connectivity index (χ3v) is 14.7. The number of aromatic nitrogens is 2. The molecule has 0 aliphatic rings. The Morgan fingerprint density at radius 1 is 0.246 bits per heavy atom. The Kier molecular flexibility index (Phi) is 10.1. The summed E-state index contributed by atoms with van der Waals surface area (Å²) in [6.07, 6.45) is 0. The van der Waals surface area contributed by atoms with E-state index in [4.69, 9.17) is 9.97 Å². The maximum absolute atomic E-state index is 6.03. The van der Waals surface area contributed by atoms with E-state index >= 15 is 0 Å². The second-order valence-corrected chi connectivity index (χ2v) is 18.5. The summed E-state index contributed by atoms with van der Waals surface area (Å²) in [7, 11) is 0. The Bertz CT molecular complexity index is 4050. The van der Waals surface area contributed by atoms with Crippen molar-refractivity contribution in [3.63, 3.8) is 0 Å². The molecule has 0 N–H and O–H groups in total. The monoisotopic (exact) mass is 894 g/mol. The Morgan fingerprint density at radius 3 is 1.19 bits per heavy atom. The van der Waals surface area contributed by atoms with Crippen LogP contribution in [0.1, 0.15) is 0 Å². The lowest BCUT2D eigenvalue weighted by Gasteiger charge is -2.26. The Labute approximate surface area is 405 Å². The van der Waals surface area contributed by atoms with Crippen LogP contribution in [0, 0.1) is 0 Å². The van der Waals surface area contributed by atoms with Gasteiger partial charge in [0.15, 0.2) is 0 Å². The van der Waals surface area contributed by atoms with E-state index in [1.807, 2.05) is 11.3 Å². The standard InChI is InChI=1S/C66H42N2S/c1-5-23-43(24-6-1)47-31-13-15-33-49(47)51-35-17-19-37-53(51)62-59(45-27-9-3-10-28-45)63(54-38-20-18-36-52(54)50-34-16-14-32-48(50)44-25-7-2-8-26-44)65-66(60(62)46-29-11-4-12-30-46)69-58-42-41-57-61(64(58)68-65)55-39-21-22-40-56(55)67-57/h1-42H. The highest BCUT2D eigenvalue weighted by molar-refractivity contribution is 7.25. The third kappa shape index (κ3) is 6.94. The average molecular weight is 895 g/mol. The van der Waals surface area contributed by atoms with Crippen molar-refractivity contribution in [1.29, 1.82) is 0 Å². The van der Waals surface area contributed by atoms with Gasteiger partial charge in [-0.1, -0.05) is 237 Å². The molecule has 2 aromatic heterocycles. The maximum atomic E-state index is 6.03. The second-order valence-electron chi connectivity index (χ2n) is 17.5. The van der Waals surface area contributed by atoms with Crippen molar-refractivity contribution < 1.29 is 0 Å². The van der Waals surface area contributed by atoms with Crippen LogP contribution in [-0.4, -0.2) is 9.97 Å². The van der Waals surface area contributed by atoms with Crippen molar-refractivity contribution in [2.45, 2.75) is 0 Å². The van der Waals surface area contributed by atoms with Crippen molar-refractivity contribution in [2.24, 2.45) is 0 Å². The average Bonchev–Trinajstić information content (AvgIpc) is 3.82. The summed E-state index contributed by atoms with van der Waals surface area (Å²) in [6.45, 7) is 0. The van der Waals surface area contributed by atoms with Gasteiger partial charge in [0, 0.05) is 33.0 Å². The van der Waals surface area contributed by atoms with Crippen LogP contribution in [0.4, 0.5) is 0 Å². The van der Waals surface area contributed by atoms with E-state index in [1.165, 1.54) is 33.4 Å². The maximum Gasteiger partial charge on any atom is 0.0910 e. The number of benzene rings is 11. The van der Waals surface area contributed by atoms with Gasteiger partial charge in [-0.25, -0.2) is 9.97 Å². The summed E-state index contributed by atoms with van der Waals surface area (Å²) in [5.41, 5.74) is 22.3. The van der Waals surface area contributed by atoms with Gasteiger partial charge in [0.25, 0.3) is 0 Å². The molecule has 0 saturated carbocycles.